The van der Waals surface area contributed by atoms with E-state index in [0.717, 1.165) is 11.1 Å². The van der Waals surface area contributed by atoms with Crippen LogP contribution >= 0.6 is 0 Å². The van der Waals surface area contributed by atoms with E-state index in [4.69, 9.17) is 15.2 Å². The Morgan fingerprint density at radius 1 is 1.24 bits per heavy atom. The highest BCUT2D eigenvalue weighted by molar-refractivity contribution is 5.60. The molecule has 2 N–H and O–H groups in total. The van der Waals surface area contributed by atoms with E-state index in [1.807, 2.05) is 26.1 Å². The fraction of sp³-hybridized carbons (Fsp3) is 0.409. The molecule has 7 heteroatoms. The number of likely N-dealkylation sites (N-methyl/N-ethyl adjacent to an activating group) is 1. The predicted octanol–water partition coefficient (Wildman–Crippen LogP) is 2.45. The summed E-state index contributed by atoms with van der Waals surface area (Å²) < 4.78 is 11.1. The van der Waals surface area contributed by atoms with Crippen LogP contribution in [0.5, 0.6) is 11.5 Å². The van der Waals surface area contributed by atoms with Crippen molar-refractivity contribution in [3.8, 4) is 29.7 Å². The zero-order chi connectivity index (χ0) is 21.2. The maximum atomic E-state index is 10.1. The minimum atomic E-state index is -1.65. The van der Waals surface area contributed by atoms with E-state index in [9.17, 15) is 15.8 Å². The summed E-state index contributed by atoms with van der Waals surface area (Å²) in [5.41, 5.74) is 6.49. The fourth-order valence-corrected chi connectivity index (χ4v) is 4.35. The van der Waals surface area contributed by atoms with Crippen LogP contribution in [0, 0.1) is 45.3 Å². The number of rotatable bonds is 4. The summed E-state index contributed by atoms with van der Waals surface area (Å²) in [6, 6.07) is 11.8. The highest BCUT2D eigenvalue weighted by Crippen LogP contribution is 2.54. The molecule has 0 radical (unpaired) electrons. The van der Waals surface area contributed by atoms with Gasteiger partial charge in [-0.3, -0.25) is 0 Å². The summed E-state index contributed by atoms with van der Waals surface area (Å²) in [4.78, 5) is 2.10. The van der Waals surface area contributed by atoms with Gasteiger partial charge in [0.05, 0.1) is 37.1 Å². The predicted molar refractivity (Wildman–Crippen MR) is 106 cm³/mol. The normalized spacial score (nSPS) is 23.1. The van der Waals surface area contributed by atoms with Crippen LogP contribution in [0.1, 0.15) is 18.4 Å². The number of hydrogen-bond acceptors (Lipinski definition) is 7. The van der Waals surface area contributed by atoms with Crippen molar-refractivity contribution in [2.45, 2.75) is 12.8 Å². The Balaban J connectivity index is 2.28. The summed E-state index contributed by atoms with van der Waals surface area (Å²) in [6.07, 6.45) is 1.97. The quantitative estimate of drug-likeness (QED) is 0.840. The topological polar surface area (TPSA) is 119 Å². The number of nitrogens with zero attached hydrogens (tertiary/aromatic N) is 4. The molecule has 0 fully saturated rings. The first-order valence-electron chi connectivity index (χ1n) is 9.39. The molecule has 0 bridgehead atoms. The summed E-state index contributed by atoms with van der Waals surface area (Å²) in [7, 11) is 3.52. The van der Waals surface area contributed by atoms with E-state index in [-0.39, 0.29) is 17.2 Å². The van der Waals surface area contributed by atoms with Gasteiger partial charge in [0.25, 0.3) is 0 Å². The average Bonchev–Trinajstić information content (AvgIpc) is 2.74. The summed E-state index contributed by atoms with van der Waals surface area (Å²) in [5, 5.41) is 29.9. The third kappa shape index (κ3) is 3.09. The number of nitrogens with two attached hydrogens (primary N) is 1. The molecule has 0 saturated heterocycles. The molecule has 2 aliphatic rings. The molecule has 1 aliphatic heterocycles. The van der Waals surface area contributed by atoms with Crippen molar-refractivity contribution in [1.29, 1.82) is 15.8 Å². The molecule has 1 heterocycles. The molecule has 0 spiro atoms. The van der Waals surface area contributed by atoms with E-state index in [1.165, 1.54) is 0 Å². The third-order valence-corrected chi connectivity index (χ3v) is 5.69. The van der Waals surface area contributed by atoms with E-state index >= 15 is 0 Å². The van der Waals surface area contributed by atoms with E-state index in [2.05, 4.69) is 23.1 Å². The first-order chi connectivity index (χ1) is 14.0. The first kappa shape index (κ1) is 20.3. The molecule has 3 rings (SSSR count). The van der Waals surface area contributed by atoms with Crippen molar-refractivity contribution in [2.75, 3.05) is 33.9 Å². The Kier molecular flexibility index (Phi) is 5.50. The summed E-state index contributed by atoms with van der Waals surface area (Å²) in [6.45, 7) is 3.65. The molecule has 1 aromatic rings. The molecule has 148 valence electrons. The highest BCUT2D eigenvalue weighted by atomic mass is 16.5. The zero-order valence-electron chi connectivity index (χ0n) is 16.8. The van der Waals surface area contributed by atoms with E-state index < -0.39 is 11.3 Å². The van der Waals surface area contributed by atoms with Gasteiger partial charge in [-0.05, 0) is 37.2 Å². The molecule has 2 atom stereocenters. The lowest BCUT2D eigenvalue weighted by atomic mass is 9.58. The van der Waals surface area contributed by atoms with Gasteiger partial charge < -0.3 is 20.1 Å². The number of methoxy groups -OCH3 is 1. The van der Waals surface area contributed by atoms with Crippen LogP contribution < -0.4 is 15.2 Å². The molecule has 2 unspecified atom stereocenters. The van der Waals surface area contributed by atoms with Crippen LogP contribution in [0.2, 0.25) is 0 Å². The lowest BCUT2D eigenvalue weighted by Gasteiger charge is -2.45. The van der Waals surface area contributed by atoms with Crippen molar-refractivity contribution >= 4 is 0 Å². The lowest BCUT2D eigenvalue weighted by molar-refractivity contribution is 0.237. The SMILES string of the molecule is CCOc1ccc(C2C3CN(C)CC=C3C(C#N)=C(N)C2(C#N)C#N)cc1OC. The number of ether oxygens (including phenoxy) is 2. The van der Waals surface area contributed by atoms with Crippen LogP contribution in [-0.4, -0.2) is 38.8 Å². The molecule has 0 aromatic heterocycles. The third-order valence-electron chi connectivity index (χ3n) is 5.69. The number of fused-ring (bicyclic) bond motifs is 1. The molecule has 29 heavy (non-hydrogen) atoms. The second-order valence-electron chi connectivity index (χ2n) is 7.24. The Morgan fingerprint density at radius 2 is 1.97 bits per heavy atom. The Hall–Kier alpha value is -3.47. The number of nitriles is 3. The average molecular weight is 389 g/mol. The maximum absolute atomic E-state index is 10.1. The lowest BCUT2D eigenvalue weighted by Crippen LogP contribution is -2.47. The standard InChI is InChI=1S/C22H23N5O2/c1-4-29-18-6-5-14(9-19(18)28-3)20-17-11-27(2)8-7-15(17)16(10-23)21(26)22(20,12-24)13-25/h5-7,9,17,20H,4,8,11,26H2,1-3H3. The van der Waals surface area contributed by atoms with Gasteiger partial charge in [0.15, 0.2) is 16.9 Å². The van der Waals surface area contributed by atoms with Gasteiger partial charge in [-0.1, -0.05) is 12.1 Å². The largest absolute Gasteiger partial charge is 0.493 e. The minimum Gasteiger partial charge on any atom is -0.493 e. The summed E-state index contributed by atoms with van der Waals surface area (Å²) >= 11 is 0. The van der Waals surface area contributed by atoms with Crippen molar-refractivity contribution < 1.29 is 9.47 Å². The Bertz CT molecular complexity index is 991. The smallest absolute Gasteiger partial charge is 0.191 e. The Morgan fingerprint density at radius 3 is 2.55 bits per heavy atom. The number of allylic oxidation sites excluding steroid dienone is 2. The number of hydrogen-bond donors (Lipinski definition) is 1. The molecule has 1 aliphatic carbocycles. The van der Waals surface area contributed by atoms with Gasteiger partial charge in [-0.15, -0.1) is 0 Å². The monoisotopic (exact) mass is 389 g/mol. The Labute approximate surface area is 170 Å². The first-order valence-corrected chi connectivity index (χ1v) is 9.39. The second kappa shape index (κ2) is 7.87. The van der Waals surface area contributed by atoms with Gasteiger partial charge in [0, 0.05) is 24.9 Å². The van der Waals surface area contributed by atoms with Crippen LogP contribution in [-0.2, 0) is 0 Å². The minimum absolute atomic E-state index is 0.0231. The van der Waals surface area contributed by atoms with Gasteiger partial charge >= 0.3 is 0 Å². The molecular weight excluding hydrogens is 366 g/mol. The van der Waals surface area contributed by atoms with Crippen LogP contribution in [0.4, 0.5) is 0 Å². The van der Waals surface area contributed by atoms with Crippen LogP contribution in [0.15, 0.2) is 41.1 Å². The molecular formula is C22H23N5O2. The van der Waals surface area contributed by atoms with Crippen LogP contribution in [0.25, 0.3) is 0 Å². The fourth-order valence-electron chi connectivity index (χ4n) is 4.35. The number of benzene rings is 1. The summed E-state index contributed by atoms with van der Waals surface area (Å²) in [5.74, 6) is 0.343. The van der Waals surface area contributed by atoms with Crippen molar-refractivity contribution in [3.63, 3.8) is 0 Å². The van der Waals surface area contributed by atoms with Crippen molar-refractivity contribution in [1.82, 2.24) is 4.90 Å². The second-order valence-corrected chi connectivity index (χ2v) is 7.24. The van der Waals surface area contributed by atoms with Gasteiger partial charge in [-0.2, -0.15) is 15.8 Å². The van der Waals surface area contributed by atoms with Gasteiger partial charge in [-0.25, -0.2) is 0 Å². The van der Waals surface area contributed by atoms with E-state index in [1.54, 1.807) is 19.2 Å². The van der Waals surface area contributed by atoms with E-state index in [0.29, 0.717) is 31.2 Å². The molecule has 1 aromatic carbocycles. The maximum Gasteiger partial charge on any atom is 0.191 e. The molecule has 0 amide bonds. The highest BCUT2D eigenvalue weighted by Gasteiger charge is 2.54. The van der Waals surface area contributed by atoms with Gasteiger partial charge in [0.2, 0.25) is 0 Å². The zero-order valence-corrected chi connectivity index (χ0v) is 16.8. The molecule has 0 saturated carbocycles. The van der Waals surface area contributed by atoms with Gasteiger partial charge in [0.1, 0.15) is 6.07 Å². The van der Waals surface area contributed by atoms with Crippen LogP contribution in [0.3, 0.4) is 0 Å². The van der Waals surface area contributed by atoms with Crippen molar-refractivity contribution in [3.05, 3.63) is 46.7 Å². The van der Waals surface area contributed by atoms with Crippen molar-refractivity contribution in [2.24, 2.45) is 17.1 Å². The molecule has 7 nitrogen and oxygen atoms in total.